The third kappa shape index (κ3) is 5.65. The van der Waals surface area contributed by atoms with Crippen molar-refractivity contribution in [1.29, 1.82) is 0 Å². The summed E-state index contributed by atoms with van der Waals surface area (Å²) in [7, 11) is 1.60. The van der Waals surface area contributed by atoms with Crippen molar-refractivity contribution >= 4 is 17.4 Å². The molecule has 21 heavy (non-hydrogen) atoms. The van der Waals surface area contributed by atoms with E-state index in [4.69, 9.17) is 26.8 Å². The van der Waals surface area contributed by atoms with Crippen molar-refractivity contribution in [1.82, 2.24) is 0 Å². The number of nitrogens with two attached hydrogens (primary N) is 1. The highest BCUT2D eigenvalue weighted by Crippen LogP contribution is 2.23. The van der Waals surface area contributed by atoms with Crippen molar-refractivity contribution in [2.24, 2.45) is 11.7 Å². The second-order valence-corrected chi connectivity index (χ2v) is 5.51. The molecule has 0 heterocycles. The predicted octanol–water partition coefficient (Wildman–Crippen LogP) is 3.20. The van der Waals surface area contributed by atoms with Gasteiger partial charge in [0.05, 0.1) is 19.8 Å². The Kier molecular flexibility index (Phi) is 7.72. The first-order valence-electron chi connectivity index (χ1n) is 7.15. The number of hydrogen-bond donors (Lipinski definition) is 1. The topological polar surface area (TPSA) is 61.6 Å². The zero-order valence-corrected chi connectivity index (χ0v) is 13.7. The van der Waals surface area contributed by atoms with E-state index in [0.717, 1.165) is 24.2 Å². The van der Waals surface area contributed by atoms with E-state index in [1.54, 1.807) is 13.2 Å². The number of Topliss-reactive ketones (excluding diaryl/α,β-unsaturated/α-hetero) is 1. The van der Waals surface area contributed by atoms with E-state index < -0.39 is 6.04 Å². The van der Waals surface area contributed by atoms with Crippen molar-refractivity contribution in [3.8, 4) is 5.75 Å². The number of halogens is 1. The van der Waals surface area contributed by atoms with E-state index >= 15 is 0 Å². The average Bonchev–Trinajstić information content (AvgIpc) is 2.47. The summed E-state index contributed by atoms with van der Waals surface area (Å²) in [5.74, 6) is 0.913. The van der Waals surface area contributed by atoms with Gasteiger partial charge in [0.15, 0.2) is 0 Å². The second-order valence-electron chi connectivity index (χ2n) is 5.10. The molecule has 1 aromatic rings. The molecule has 0 fully saturated rings. The van der Waals surface area contributed by atoms with E-state index in [9.17, 15) is 4.79 Å². The second kappa shape index (κ2) is 9.03. The Morgan fingerprint density at radius 2 is 2.14 bits per heavy atom. The highest BCUT2D eigenvalue weighted by molar-refractivity contribution is 6.31. The molecule has 0 saturated carbocycles. The maximum atomic E-state index is 11.3. The molecule has 1 aromatic carbocycles. The summed E-state index contributed by atoms with van der Waals surface area (Å²) in [5.41, 5.74) is 6.80. The highest BCUT2D eigenvalue weighted by atomic mass is 35.5. The summed E-state index contributed by atoms with van der Waals surface area (Å²) in [4.78, 5) is 11.3. The van der Waals surface area contributed by atoms with Crippen LogP contribution in [0.25, 0.3) is 0 Å². The average molecular weight is 314 g/mol. The van der Waals surface area contributed by atoms with Crippen LogP contribution in [0.4, 0.5) is 0 Å². The molecule has 1 rings (SSSR count). The quantitative estimate of drug-likeness (QED) is 0.711. The molecule has 118 valence electrons. The van der Waals surface area contributed by atoms with Gasteiger partial charge in [0.1, 0.15) is 11.5 Å². The number of carbonyl (C=O) groups is 1. The smallest absolute Gasteiger partial charge is 0.146 e. The molecule has 0 aliphatic rings. The van der Waals surface area contributed by atoms with Gasteiger partial charge in [-0.2, -0.15) is 0 Å². The molecule has 0 aliphatic carbocycles. The molecule has 0 aliphatic heterocycles. The lowest BCUT2D eigenvalue weighted by molar-refractivity contribution is -0.119. The number of carbonyl (C=O) groups excluding carboxylic acids is 1. The Labute approximate surface area is 131 Å². The number of hydrogen-bond acceptors (Lipinski definition) is 4. The summed E-state index contributed by atoms with van der Waals surface area (Å²) in [5, 5.41) is 0.627. The first-order chi connectivity index (χ1) is 9.99. The van der Waals surface area contributed by atoms with Gasteiger partial charge in [0.2, 0.25) is 0 Å². The molecule has 0 radical (unpaired) electrons. The fraction of sp³-hybridized carbons (Fsp3) is 0.562. The Bertz CT molecular complexity index is 465. The minimum atomic E-state index is -0.400. The number of ether oxygens (including phenoxy) is 2. The van der Waals surface area contributed by atoms with Crippen LogP contribution in [0.15, 0.2) is 18.2 Å². The van der Waals surface area contributed by atoms with Crippen molar-refractivity contribution in [2.75, 3.05) is 13.7 Å². The summed E-state index contributed by atoms with van der Waals surface area (Å²) in [6.07, 6.45) is 1.64. The largest absolute Gasteiger partial charge is 0.497 e. The van der Waals surface area contributed by atoms with Crippen molar-refractivity contribution in [3.63, 3.8) is 0 Å². The predicted molar refractivity (Wildman–Crippen MR) is 84.7 cm³/mol. The van der Waals surface area contributed by atoms with Gasteiger partial charge in [-0.15, -0.1) is 0 Å². The SMILES string of the molecule is CCC(CCOCc1ccc(OC)cc1Cl)[C@H](N)C(C)=O. The molecule has 5 heteroatoms. The van der Waals surface area contributed by atoms with Crippen LogP contribution < -0.4 is 10.5 Å². The van der Waals surface area contributed by atoms with Gasteiger partial charge in [0, 0.05) is 11.6 Å². The summed E-state index contributed by atoms with van der Waals surface area (Å²) in [6.45, 7) is 4.57. The van der Waals surface area contributed by atoms with E-state index in [0.29, 0.717) is 18.2 Å². The van der Waals surface area contributed by atoms with Gasteiger partial charge in [-0.05, 0) is 37.0 Å². The van der Waals surface area contributed by atoms with E-state index in [1.807, 2.05) is 19.1 Å². The zero-order chi connectivity index (χ0) is 15.8. The van der Waals surface area contributed by atoms with Crippen molar-refractivity contribution < 1.29 is 14.3 Å². The van der Waals surface area contributed by atoms with Crippen LogP contribution in [0.3, 0.4) is 0 Å². The van der Waals surface area contributed by atoms with E-state index in [1.165, 1.54) is 6.92 Å². The van der Waals surface area contributed by atoms with Gasteiger partial charge < -0.3 is 15.2 Å². The van der Waals surface area contributed by atoms with Crippen LogP contribution in [0, 0.1) is 5.92 Å². The first-order valence-corrected chi connectivity index (χ1v) is 7.53. The van der Waals surface area contributed by atoms with Crippen LogP contribution in [0.5, 0.6) is 5.75 Å². The van der Waals surface area contributed by atoms with Gasteiger partial charge in [-0.1, -0.05) is 31.0 Å². The molecule has 1 unspecified atom stereocenters. The van der Waals surface area contributed by atoms with Crippen molar-refractivity contribution in [3.05, 3.63) is 28.8 Å². The van der Waals surface area contributed by atoms with Gasteiger partial charge in [0.25, 0.3) is 0 Å². The normalized spacial score (nSPS) is 13.8. The van der Waals surface area contributed by atoms with Crippen LogP contribution in [0.2, 0.25) is 5.02 Å². The Hall–Kier alpha value is -1.10. The molecule has 0 bridgehead atoms. The zero-order valence-electron chi connectivity index (χ0n) is 12.9. The molecule has 2 N–H and O–H groups in total. The molecular weight excluding hydrogens is 290 g/mol. The van der Waals surface area contributed by atoms with Gasteiger partial charge >= 0.3 is 0 Å². The molecule has 0 aromatic heterocycles. The Morgan fingerprint density at radius 1 is 1.43 bits per heavy atom. The molecular formula is C16H24ClNO3. The minimum Gasteiger partial charge on any atom is -0.497 e. The third-order valence-electron chi connectivity index (χ3n) is 3.65. The summed E-state index contributed by atoms with van der Waals surface area (Å²) in [6, 6.07) is 5.11. The lowest BCUT2D eigenvalue weighted by atomic mass is 9.92. The summed E-state index contributed by atoms with van der Waals surface area (Å²) < 4.78 is 10.7. The lowest BCUT2D eigenvalue weighted by Crippen LogP contribution is -2.36. The monoisotopic (exact) mass is 313 g/mol. The van der Waals surface area contributed by atoms with E-state index in [2.05, 4.69) is 0 Å². The number of benzene rings is 1. The third-order valence-corrected chi connectivity index (χ3v) is 4.00. The summed E-state index contributed by atoms with van der Waals surface area (Å²) >= 11 is 6.14. The lowest BCUT2D eigenvalue weighted by Gasteiger charge is -2.20. The van der Waals surface area contributed by atoms with Gasteiger partial charge in [-0.25, -0.2) is 0 Å². The fourth-order valence-corrected chi connectivity index (χ4v) is 2.38. The molecule has 0 spiro atoms. The van der Waals surface area contributed by atoms with Crippen LogP contribution in [-0.4, -0.2) is 25.5 Å². The Morgan fingerprint density at radius 3 is 2.67 bits per heavy atom. The Balaban J connectivity index is 2.41. The maximum Gasteiger partial charge on any atom is 0.146 e. The number of ketones is 1. The number of rotatable bonds is 9. The number of methoxy groups -OCH3 is 1. The fourth-order valence-electron chi connectivity index (χ4n) is 2.16. The van der Waals surface area contributed by atoms with Crippen molar-refractivity contribution in [2.45, 2.75) is 39.3 Å². The minimum absolute atomic E-state index is 0.0278. The van der Waals surface area contributed by atoms with E-state index in [-0.39, 0.29) is 11.7 Å². The molecule has 4 nitrogen and oxygen atoms in total. The maximum absolute atomic E-state index is 11.3. The molecule has 0 saturated heterocycles. The first kappa shape index (κ1) is 18.0. The molecule has 0 amide bonds. The van der Waals surface area contributed by atoms with Crippen LogP contribution in [0.1, 0.15) is 32.3 Å². The van der Waals surface area contributed by atoms with Gasteiger partial charge in [-0.3, -0.25) is 4.79 Å². The molecule has 2 atom stereocenters. The van der Waals surface area contributed by atoms with Crippen LogP contribution in [-0.2, 0) is 16.1 Å². The standard InChI is InChI=1S/C16H24ClNO3/c1-4-12(16(18)11(2)19)7-8-21-10-13-5-6-14(20-3)9-15(13)17/h5-6,9,12,16H,4,7-8,10,18H2,1-3H3/t12?,16-/m1/s1. The highest BCUT2D eigenvalue weighted by Gasteiger charge is 2.19. The van der Waals surface area contributed by atoms with Crippen LogP contribution >= 0.6 is 11.6 Å².